The summed E-state index contributed by atoms with van der Waals surface area (Å²) in [7, 11) is 0. The smallest absolute Gasteiger partial charge is 0.120 e. The van der Waals surface area contributed by atoms with Crippen LogP contribution in [0.2, 0.25) is 0 Å². The molecule has 0 heterocycles. The standard InChI is InChI=1S/C4H8N2O2/c7-4-2-1-3-5-6-8/h4H,1-3H2,(H,5,8). The van der Waals surface area contributed by atoms with Gasteiger partial charge in [0.15, 0.2) is 0 Å². The topological polar surface area (TPSA) is 58.5 Å². The molecule has 0 saturated carbocycles. The maximum absolute atomic E-state index is 9.63. The first kappa shape index (κ1) is 7.07. The van der Waals surface area contributed by atoms with Crippen LogP contribution >= 0.6 is 0 Å². The minimum Gasteiger partial charge on any atom is -0.303 e. The van der Waals surface area contributed by atoms with Crippen LogP contribution in [0.4, 0.5) is 0 Å². The summed E-state index contributed by atoms with van der Waals surface area (Å²) < 4.78 is 0. The predicted octanol–water partition coefficient (Wildman–Crippen LogP) is 0.236. The first-order chi connectivity index (χ1) is 3.91. The summed E-state index contributed by atoms with van der Waals surface area (Å²) >= 11 is 0. The van der Waals surface area contributed by atoms with E-state index in [1.165, 1.54) is 0 Å². The van der Waals surface area contributed by atoms with Crippen molar-refractivity contribution in [3.8, 4) is 0 Å². The zero-order valence-electron chi connectivity index (χ0n) is 4.46. The lowest BCUT2D eigenvalue weighted by atomic mass is 10.3. The average Bonchev–Trinajstić information content (AvgIpc) is 1.81. The fourth-order valence-electron chi connectivity index (χ4n) is 0.310. The molecule has 0 amide bonds. The number of nitroso groups, excluding NO2 is 1. The van der Waals surface area contributed by atoms with Crippen LogP contribution in [0.5, 0.6) is 0 Å². The van der Waals surface area contributed by atoms with Crippen molar-refractivity contribution >= 4 is 6.29 Å². The van der Waals surface area contributed by atoms with E-state index in [0.717, 1.165) is 6.29 Å². The molecule has 1 N–H and O–H groups in total. The number of carbonyl (C=O) groups is 1. The molecule has 0 aromatic carbocycles. The molecule has 0 unspecified atom stereocenters. The van der Waals surface area contributed by atoms with Gasteiger partial charge in [-0.25, -0.2) is 0 Å². The van der Waals surface area contributed by atoms with Gasteiger partial charge >= 0.3 is 0 Å². The van der Waals surface area contributed by atoms with Gasteiger partial charge in [0.25, 0.3) is 0 Å². The molecule has 8 heavy (non-hydrogen) atoms. The summed E-state index contributed by atoms with van der Waals surface area (Å²) in [6.07, 6.45) is 1.98. The van der Waals surface area contributed by atoms with Gasteiger partial charge in [0.1, 0.15) is 6.29 Å². The highest BCUT2D eigenvalue weighted by Crippen LogP contribution is 1.78. The number of unbranched alkanes of at least 4 members (excludes halogenated alkanes) is 1. The molecule has 0 aliphatic carbocycles. The molecule has 0 rings (SSSR count). The van der Waals surface area contributed by atoms with Crippen LogP contribution in [0.3, 0.4) is 0 Å². The second-order valence-electron chi connectivity index (χ2n) is 1.31. The Morgan fingerprint density at radius 3 is 2.88 bits per heavy atom. The lowest BCUT2D eigenvalue weighted by Crippen LogP contribution is -2.05. The molecule has 0 spiro atoms. The molecule has 0 radical (unpaired) electrons. The van der Waals surface area contributed by atoms with Crippen molar-refractivity contribution in [1.29, 1.82) is 0 Å². The number of nitrogens with zero attached hydrogens (tertiary/aromatic N) is 1. The molecule has 0 aliphatic rings. The van der Waals surface area contributed by atoms with Gasteiger partial charge < -0.3 is 4.79 Å². The molecule has 0 fully saturated rings. The van der Waals surface area contributed by atoms with Crippen LogP contribution in [0.25, 0.3) is 0 Å². The van der Waals surface area contributed by atoms with Gasteiger partial charge in [0.05, 0.1) is 0 Å². The lowest BCUT2D eigenvalue weighted by Gasteiger charge is -1.88. The van der Waals surface area contributed by atoms with Crippen molar-refractivity contribution in [3.63, 3.8) is 0 Å². The maximum atomic E-state index is 9.63. The second kappa shape index (κ2) is 6.07. The average molecular weight is 116 g/mol. The Bertz CT molecular complexity index is 64.4. The summed E-state index contributed by atoms with van der Waals surface area (Å²) in [5.74, 6) is 0. The number of hydrogen-bond donors (Lipinski definition) is 1. The van der Waals surface area contributed by atoms with Gasteiger partial charge in [-0.3, -0.25) is 5.43 Å². The molecule has 4 nitrogen and oxygen atoms in total. The van der Waals surface area contributed by atoms with Crippen LogP contribution in [0.1, 0.15) is 12.8 Å². The number of carbonyl (C=O) groups excluding carboxylic acids is 1. The molecular weight excluding hydrogens is 108 g/mol. The van der Waals surface area contributed by atoms with Crippen LogP contribution in [-0.2, 0) is 4.79 Å². The minimum absolute atomic E-state index is 0.488. The Labute approximate surface area is 47.2 Å². The van der Waals surface area contributed by atoms with E-state index < -0.39 is 0 Å². The van der Waals surface area contributed by atoms with E-state index in [4.69, 9.17) is 0 Å². The van der Waals surface area contributed by atoms with E-state index in [2.05, 4.69) is 10.7 Å². The van der Waals surface area contributed by atoms with Crippen LogP contribution in [0.15, 0.2) is 5.29 Å². The van der Waals surface area contributed by atoms with Crippen molar-refractivity contribution in [2.75, 3.05) is 6.54 Å². The first-order valence-electron chi connectivity index (χ1n) is 2.40. The first-order valence-corrected chi connectivity index (χ1v) is 2.40. The number of nitrogens with one attached hydrogen (secondary N) is 1. The summed E-state index contributed by atoms with van der Waals surface area (Å²) in [4.78, 5) is 19.0. The molecule has 0 aliphatic heterocycles. The van der Waals surface area contributed by atoms with E-state index in [1.807, 2.05) is 0 Å². The Kier molecular flexibility index (Phi) is 5.36. The molecule has 0 aromatic heterocycles. The Hall–Kier alpha value is -0.930. The highest BCUT2D eigenvalue weighted by atomic mass is 16.3. The Balaban J connectivity index is 2.71. The normalized spacial score (nSPS) is 8.00. The quantitative estimate of drug-likeness (QED) is 0.242. The number of aldehydes is 1. The third kappa shape index (κ3) is 5.07. The zero-order valence-corrected chi connectivity index (χ0v) is 4.46. The van der Waals surface area contributed by atoms with Gasteiger partial charge in [-0.05, 0) is 6.42 Å². The molecular formula is C4H8N2O2. The van der Waals surface area contributed by atoms with Gasteiger partial charge in [-0.1, -0.05) is 0 Å². The highest BCUT2D eigenvalue weighted by Gasteiger charge is 1.81. The zero-order chi connectivity index (χ0) is 6.24. The van der Waals surface area contributed by atoms with Crippen molar-refractivity contribution in [1.82, 2.24) is 5.43 Å². The highest BCUT2D eigenvalue weighted by molar-refractivity contribution is 5.48. The van der Waals surface area contributed by atoms with Crippen molar-refractivity contribution < 1.29 is 4.79 Å². The van der Waals surface area contributed by atoms with Crippen molar-refractivity contribution in [2.45, 2.75) is 12.8 Å². The maximum Gasteiger partial charge on any atom is 0.120 e. The van der Waals surface area contributed by atoms with Crippen LogP contribution in [0, 0.1) is 4.91 Å². The van der Waals surface area contributed by atoms with Crippen LogP contribution < -0.4 is 5.43 Å². The molecule has 0 saturated heterocycles. The molecule has 46 valence electrons. The van der Waals surface area contributed by atoms with Gasteiger partial charge in [0.2, 0.25) is 0 Å². The summed E-state index contributed by atoms with van der Waals surface area (Å²) in [6.45, 7) is 0.488. The predicted molar refractivity (Wildman–Crippen MR) is 29.1 cm³/mol. The molecule has 0 atom stereocenters. The number of hydrogen-bond acceptors (Lipinski definition) is 3. The molecule has 4 heteroatoms. The minimum atomic E-state index is 0.488. The molecule has 0 aromatic rings. The third-order valence-electron chi connectivity index (χ3n) is 0.675. The van der Waals surface area contributed by atoms with Gasteiger partial charge in [-0.15, -0.1) is 4.91 Å². The summed E-state index contributed by atoms with van der Waals surface area (Å²) in [6, 6.07) is 0. The SMILES string of the molecule is O=CCCCNN=O. The largest absolute Gasteiger partial charge is 0.303 e. The Morgan fingerprint density at radius 2 is 2.38 bits per heavy atom. The fourth-order valence-corrected chi connectivity index (χ4v) is 0.310. The third-order valence-corrected chi connectivity index (χ3v) is 0.675. The fraction of sp³-hybridized carbons (Fsp3) is 0.750. The van der Waals surface area contributed by atoms with E-state index in [-0.39, 0.29) is 0 Å². The van der Waals surface area contributed by atoms with E-state index in [0.29, 0.717) is 19.4 Å². The van der Waals surface area contributed by atoms with E-state index >= 15 is 0 Å². The van der Waals surface area contributed by atoms with E-state index in [9.17, 15) is 9.70 Å². The summed E-state index contributed by atoms with van der Waals surface area (Å²) in [5, 5.41) is 2.39. The van der Waals surface area contributed by atoms with Gasteiger partial charge in [0, 0.05) is 18.3 Å². The van der Waals surface area contributed by atoms with E-state index in [1.54, 1.807) is 0 Å². The van der Waals surface area contributed by atoms with Crippen molar-refractivity contribution in [2.24, 2.45) is 5.29 Å². The summed E-state index contributed by atoms with van der Waals surface area (Å²) in [5.41, 5.74) is 2.19. The monoisotopic (exact) mass is 116 g/mol. The Morgan fingerprint density at radius 1 is 1.62 bits per heavy atom. The molecule has 0 bridgehead atoms. The second-order valence-corrected chi connectivity index (χ2v) is 1.31. The van der Waals surface area contributed by atoms with Crippen molar-refractivity contribution in [3.05, 3.63) is 4.91 Å². The van der Waals surface area contributed by atoms with Crippen LogP contribution in [-0.4, -0.2) is 12.8 Å². The number of rotatable bonds is 5. The van der Waals surface area contributed by atoms with Gasteiger partial charge in [-0.2, -0.15) is 0 Å². The lowest BCUT2D eigenvalue weighted by molar-refractivity contribution is -0.107.